The molecule has 0 radical (unpaired) electrons. The molecule has 1 unspecified atom stereocenters. The van der Waals surface area contributed by atoms with Crippen molar-refractivity contribution in [3.8, 4) is 0 Å². The van der Waals surface area contributed by atoms with E-state index in [1.165, 1.54) is 6.92 Å². The van der Waals surface area contributed by atoms with E-state index in [-0.39, 0.29) is 25.4 Å². The fourth-order valence-corrected chi connectivity index (χ4v) is 3.56. The van der Waals surface area contributed by atoms with Gasteiger partial charge in [-0.3, -0.25) is 4.57 Å². The van der Waals surface area contributed by atoms with Gasteiger partial charge >= 0.3 is 5.97 Å². The molecule has 0 saturated carbocycles. The average molecular weight is 379 g/mol. The molecule has 0 aliphatic rings. The summed E-state index contributed by atoms with van der Waals surface area (Å²) in [5.41, 5.74) is 0.249. The van der Waals surface area contributed by atoms with Crippen molar-refractivity contribution >= 4 is 13.8 Å². The molecule has 0 aromatic carbocycles. The van der Waals surface area contributed by atoms with Crippen LogP contribution in [0.15, 0.2) is 12.2 Å². The molecule has 0 spiro atoms. The van der Waals surface area contributed by atoms with E-state index >= 15 is 0 Å². The Hall–Kier alpha value is -0.720. The fraction of sp³-hybridized carbons (Fsp3) is 0.824. The molecule has 0 amide bonds. The number of ether oxygens (including phenoxy) is 1. The normalized spacial score (nSPS) is 14.1. The SMILES string of the molecule is C=C(C)C(=O)OCCOP(=O)([O-])OCC[N+](CCC)(CCC)CCC. The summed E-state index contributed by atoms with van der Waals surface area (Å²) in [5, 5.41) is 0. The van der Waals surface area contributed by atoms with Gasteiger partial charge in [-0.15, -0.1) is 0 Å². The predicted molar refractivity (Wildman–Crippen MR) is 95.9 cm³/mol. The summed E-state index contributed by atoms with van der Waals surface area (Å²) < 4.78 is 27.1. The van der Waals surface area contributed by atoms with Gasteiger partial charge in [-0.05, 0) is 26.2 Å². The molecule has 7 nitrogen and oxygen atoms in total. The maximum atomic E-state index is 11.8. The molecule has 8 heteroatoms. The molecule has 25 heavy (non-hydrogen) atoms. The number of nitrogens with zero attached hydrogens (tertiary/aromatic N) is 1. The van der Waals surface area contributed by atoms with Gasteiger partial charge in [0.25, 0.3) is 7.82 Å². The lowest BCUT2D eigenvalue weighted by Gasteiger charge is -2.39. The monoisotopic (exact) mass is 379 g/mol. The number of carbonyl (C=O) groups excluding carboxylic acids is 1. The molecule has 0 aromatic heterocycles. The lowest BCUT2D eigenvalue weighted by atomic mass is 10.2. The molecule has 0 bridgehead atoms. The molecule has 0 rings (SSSR count). The first-order valence-electron chi connectivity index (χ1n) is 8.99. The number of esters is 1. The molecule has 0 aliphatic carbocycles. The molecule has 148 valence electrons. The molecule has 0 fully saturated rings. The van der Waals surface area contributed by atoms with Gasteiger partial charge in [0.1, 0.15) is 19.8 Å². The maximum Gasteiger partial charge on any atom is 0.333 e. The van der Waals surface area contributed by atoms with E-state index < -0.39 is 13.8 Å². The van der Waals surface area contributed by atoms with Crippen LogP contribution in [0.25, 0.3) is 0 Å². The summed E-state index contributed by atoms with van der Waals surface area (Å²) in [4.78, 5) is 23.0. The van der Waals surface area contributed by atoms with Crippen LogP contribution in [0.4, 0.5) is 0 Å². The summed E-state index contributed by atoms with van der Waals surface area (Å²) in [6.45, 7) is 14.7. The Labute approximate surface area is 152 Å². The Morgan fingerprint density at radius 2 is 1.44 bits per heavy atom. The van der Waals surface area contributed by atoms with Crippen LogP contribution in [0.5, 0.6) is 0 Å². The quantitative estimate of drug-likeness (QED) is 0.143. The summed E-state index contributed by atoms with van der Waals surface area (Å²) in [5.74, 6) is -0.578. The van der Waals surface area contributed by atoms with Gasteiger partial charge in [-0.2, -0.15) is 0 Å². The first kappa shape index (κ1) is 24.3. The van der Waals surface area contributed by atoms with Crippen molar-refractivity contribution in [1.29, 1.82) is 0 Å². The third-order valence-corrected chi connectivity index (χ3v) is 4.82. The lowest BCUT2D eigenvalue weighted by molar-refractivity contribution is -0.928. The van der Waals surface area contributed by atoms with E-state index in [1.807, 2.05) is 0 Å². The van der Waals surface area contributed by atoms with E-state index in [1.54, 1.807) is 0 Å². The van der Waals surface area contributed by atoms with E-state index in [2.05, 4.69) is 27.4 Å². The third kappa shape index (κ3) is 10.8. The van der Waals surface area contributed by atoms with Crippen molar-refractivity contribution in [3.05, 3.63) is 12.2 Å². The summed E-state index contributed by atoms with van der Waals surface area (Å²) in [7, 11) is -4.39. The van der Waals surface area contributed by atoms with Crippen LogP contribution in [-0.2, 0) is 23.1 Å². The Balaban J connectivity index is 4.34. The summed E-state index contributed by atoms with van der Waals surface area (Å²) >= 11 is 0. The van der Waals surface area contributed by atoms with Gasteiger partial charge < -0.3 is 23.2 Å². The zero-order chi connectivity index (χ0) is 19.3. The minimum Gasteiger partial charge on any atom is -0.756 e. The highest BCUT2D eigenvalue weighted by Crippen LogP contribution is 2.38. The number of hydrogen-bond acceptors (Lipinski definition) is 6. The van der Waals surface area contributed by atoms with Gasteiger partial charge in [-0.25, -0.2) is 4.79 Å². The maximum absolute atomic E-state index is 11.8. The molecular weight excluding hydrogens is 345 g/mol. The van der Waals surface area contributed by atoms with E-state index in [0.29, 0.717) is 6.54 Å². The van der Waals surface area contributed by atoms with Crippen LogP contribution < -0.4 is 4.89 Å². The van der Waals surface area contributed by atoms with E-state index in [4.69, 9.17) is 13.8 Å². The Morgan fingerprint density at radius 1 is 0.960 bits per heavy atom. The number of quaternary nitrogens is 1. The molecular formula is C17H34NO6P. The largest absolute Gasteiger partial charge is 0.756 e. The molecule has 0 aliphatic heterocycles. The number of rotatable bonds is 15. The van der Waals surface area contributed by atoms with Gasteiger partial charge in [0.15, 0.2) is 0 Å². The predicted octanol–water partition coefficient (Wildman–Crippen LogP) is 2.65. The van der Waals surface area contributed by atoms with Crippen molar-refractivity contribution < 1.29 is 32.5 Å². The van der Waals surface area contributed by atoms with Crippen molar-refractivity contribution in [2.24, 2.45) is 0 Å². The first-order chi connectivity index (χ1) is 11.7. The van der Waals surface area contributed by atoms with Crippen LogP contribution in [0.2, 0.25) is 0 Å². The Kier molecular flexibility index (Phi) is 12.2. The number of phosphoric ester groups is 1. The van der Waals surface area contributed by atoms with Crippen LogP contribution in [0.1, 0.15) is 47.0 Å². The first-order valence-corrected chi connectivity index (χ1v) is 10.5. The van der Waals surface area contributed by atoms with Gasteiger partial charge in [0.2, 0.25) is 0 Å². The van der Waals surface area contributed by atoms with Crippen LogP contribution in [0, 0.1) is 0 Å². The van der Waals surface area contributed by atoms with E-state index in [0.717, 1.165) is 43.4 Å². The van der Waals surface area contributed by atoms with Gasteiger partial charge in [-0.1, -0.05) is 27.4 Å². The zero-order valence-corrected chi connectivity index (χ0v) is 17.0. The van der Waals surface area contributed by atoms with Crippen LogP contribution >= 0.6 is 7.82 Å². The second-order valence-corrected chi connectivity index (χ2v) is 7.68. The van der Waals surface area contributed by atoms with Crippen LogP contribution in [0.3, 0.4) is 0 Å². The second-order valence-electron chi connectivity index (χ2n) is 6.27. The van der Waals surface area contributed by atoms with Crippen molar-refractivity contribution in [1.82, 2.24) is 0 Å². The van der Waals surface area contributed by atoms with Gasteiger partial charge in [0, 0.05) is 5.57 Å². The smallest absolute Gasteiger partial charge is 0.333 e. The summed E-state index contributed by atoms with van der Waals surface area (Å²) in [6, 6.07) is 0. The van der Waals surface area contributed by atoms with E-state index in [9.17, 15) is 14.3 Å². The Bertz CT molecular complexity index is 437. The van der Waals surface area contributed by atoms with Gasteiger partial charge in [0.05, 0.1) is 26.2 Å². The summed E-state index contributed by atoms with van der Waals surface area (Å²) in [6.07, 6.45) is 3.12. The van der Waals surface area contributed by atoms with Crippen molar-refractivity contribution in [2.75, 3.05) is 46.0 Å². The molecule has 1 atom stereocenters. The number of hydrogen-bond donors (Lipinski definition) is 0. The standard InChI is InChI=1S/C17H34NO6P/c1-6-9-18(10-7-2,11-8-3)12-13-23-25(20,21)24-15-14-22-17(19)16(4)5/h4,6-15H2,1-3,5H3. The van der Waals surface area contributed by atoms with Crippen LogP contribution in [-0.4, -0.2) is 56.5 Å². The average Bonchev–Trinajstić information content (AvgIpc) is 2.51. The highest BCUT2D eigenvalue weighted by Gasteiger charge is 2.25. The number of phosphoric acid groups is 1. The minimum absolute atomic E-state index is 0.0896. The number of carbonyl (C=O) groups is 1. The van der Waals surface area contributed by atoms with Crippen molar-refractivity contribution in [3.63, 3.8) is 0 Å². The molecule has 0 heterocycles. The second kappa shape index (κ2) is 12.6. The highest BCUT2D eigenvalue weighted by atomic mass is 31.2. The molecule has 0 N–H and O–H groups in total. The highest BCUT2D eigenvalue weighted by molar-refractivity contribution is 7.45. The Morgan fingerprint density at radius 3 is 1.88 bits per heavy atom. The molecule has 0 aromatic rings. The molecule has 0 saturated heterocycles. The van der Waals surface area contributed by atoms with Crippen molar-refractivity contribution in [2.45, 2.75) is 47.0 Å². The minimum atomic E-state index is -4.39. The topological polar surface area (TPSA) is 84.9 Å². The fourth-order valence-electron chi connectivity index (χ4n) is 2.88. The lowest BCUT2D eigenvalue weighted by Crippen LogP contribution is -2.51. The third-order valence-electron chi connectivity index (χ3n) is 3.82. The zero-order valence-electron chi connectivity index (χ0n) is 16.1.